The Morgan fingerprint density at radius 2 is 1.81 bits per heavy atom. The van der Waals surface area contributed by atoms with E-state index in [-0.39, 0.29) is 11.9 Å². The van der Waals surface area contributed by atoms with Gasteiger partial charge < -0.3 is 10.6 Å². The molecule has 108 valence electrons. The van der Waals surface area contributed by atoms with Crippen LogP contribution in [-0.4, -0.2) is 19.0 Å². The monoisotopic (exact) mass is 300 g/mol. The molecule has 0 radical (unpaired) electrons. The Bertz CT molecular complexity index is 659. The zero-order chi connectivity index (χ0) is 14.8. The molecule has 3 rings (SSSR count). The molecule has 3 nitrogen and oxygen atoms in total. The van der Waals surface area contributed by atoms with Crippen LogP contribution < -0.4 is 10.6 Å². The molecular weight excluding hydrogens is 284 g/mol. The minimum atomic E-state index is -0.0613. The second-order valence-corrected chi connectivity index (χ2v) is 5.72. The second-order valence-electron chi connectivity index (χ2n) is 5.29. The Morgan fingerprint density at radius 3 is 2.43 bits per heavy atom. The summed E-state index contributed by atoms with van der Waals surface area (Å²) >= 11 is 5.96. The summed E-state index contributed by atoms with van der Waals surface area (Å²) in [4.78, 5) is 12.4. The van der Waals surface area contributed by atoms with E-state index in [0.717, 1.165) is 18.5 Å². The van der Waals surface area contributed by atoms with Crippen LogP contribution in [0.1, 0.15) is 21.5 Å². The van der Waals surface area contributed by atoms with E-state index in [1.165, 1.54) is 11.1 Å². The number of benzene rings is 2. The lowest BCUT2D eigenvalue weighted by Crippen LogP contribution is -2.35. The summed E-state index contributed by atoms with van der Waals surface area (Å²) in [6.07, 6.45) is 1.79. The van der Waals surface area contributed by atoms with Crippen molar-refractivity contribution >= 4 is 23.2 Å². The van der Waals surface area contributed by atoms with E-state index in [2.05, 4.69) is 22.8 Å². The van der Waals surface area contributed by atoms with Crippen LogP contribution in [0, 0.1) is 0 Å². The summed E-state index contributed by atoms with van der Waals surface area (Å²) in [6, 6.07) is 13.8. The molecule has 0 aliphatic heterocycles. The minimum absolute atomic E-state index is 0.0613. The molecule has 2 aromatic rings. The summed E-state index contributed by atoms with van der Waals surface area (Å²) in [5.74, 6) is -0.0613. The number of anilines is 1. The van der Waals surface area contributed by atoms with Gasteiger partial charge in [-0.05, 0) is 42.2 Å². The van der Waals surface area contributed by atoms with Gasteiger partial charge >= 0.3 is 0 Å². The molecule has 0 atom stereocenters. The highest BCUT2D eigenvalue weighted by atomic mass is 35.5. The van der Waals surface area contributed by atoms with Crippen molar-refractivity contribution in [3.8, 4) is 0 Å². The lowest BCUT2D eigenvalue weighted by molar-refractivity contribution is 0.0939. The molecule has 0 saturated carbocycles. The van der Waals surface area contributed by atoms with Crippen molar-refractivity contribution in [3.05, 3.63) is 64.2 Å². The molecule has 0 fully saturated rings. The van der Waals surface area contributed by atoms with Crippen molar-refractivity contribution in [3.63, 3.8) is 0 Å². The predicted molar refractivity (Wildman–Crippen MR) is 86.1 cm³/mol. The van der Waals surface area contributed by atoms with Crippen LogP contribution in [0.25, 0.3) is 0 Å². The van der Waals surface area contributed by atoms with E-state index in [1.807, 2.05) is 12.1 Å². The standard InChI is InChI=1S/C17H17ClN2O/c1-19-16-10-13(18)6-7-15(16)17(21)20-14-8-11-4-2-3-5-12(11)9-14/h2-7,10,14,19H,8-9H2,1H3,(H,20,21). The number of carbonyl (C=O) groups excluding carboxylic acids is 1. The molecule has 4 heteroatoms. The third-order valence-corrected chi connectivity index (χ3v) is 4.12. The van der Waals surface area contributed by atoms with Crippen molar-refractivity contribution < 1.29 is 4.79 Å². The first-order valence-electron chi connectivity index (χ1n) is 7.02. The zero-order valence-electron chi connectivity index (χ0n) is 11.8. The number of hydrogen-bond donors (Lipinski definition) is 2. The molecule has 21 heavy (non-hydrogen) atoms. The molecule has 0 unspecified atom stereocenters. The third kappa shape index (κ3) is 2.88. The second kappa shape index (κ2) is 5.78. The number of hydrogen-bond acceptors (Lipinski definition) is 2. The Hall–Kier alpha value is -2.00. The van der Waals surface area contributed by atoms with Gasteiger partial charge in [-0.25, -0.2) is 0 Å². The number of nitrogens with one attached hydrogen (secondary N) is 2. The van der Waals surface area contributed by atoms with E-state index in [4.69, 9.17) is 11.6 Å². The maximum atomic E-state index is 12.4. The number of rotatable bonds is 3. The van der Waals surface area contributed by atoms with Gasteiger partial charge in [0.25, 0.3) is 5.91 Å². The van der Waals surface area contributed by atoms with Gasteiger partial charge in [0.05, 0.1) is 5.56 Å². The highest BCUT2D eigenvalue weighted by molar-refractivity contribution is 6.31. The van der Waals surface area contributed by atoms with Gasteiger partial charge in [-0.3, -0.25) is 4.79 Å². The molecule has 1 aliphatic rings. The summed E-state index contributed by atoms with van der Waals surface area (Å²) < 4.78 is 0. The maximum absolute atomic E-state index is 12.4. The van der Waals surface area contributed by atoms with Gasteiger partial charge in [0, 0.05) is 23.8 Å². The van der Waals surface area contributed by atoms with Crippen LogP contribution >= 0.6 is 11.6 Å². The number of fused-ring (bicyclic) bond motifs is 1. The fourth-order valence-corrected chi connectivity index (χ4v) is 3.02. The molecule has 0 saturated heterocycles. The minimum Gasteiger partial charge on any atom is -0.387 e. The van der Waals surface area contributed by atoms with Crippen molar-refractivity contribution in [2.45, 2.75) is 18.9 Å². The van der Waals surface area contributed by atoms with Gasteiger partial charge in [0.15, 0.2) is 0 Å². The Kier molecular flexibility index (Phi) is 3.84. The smallest absolute Gasteiger partial charge is 0.253 e. The Labute approximate surface area is 129 Å². The Balaban J connectivity index is 1.74. The van der Waals surface area contributed by atoms with Crippen LogP contribution in [0.4, 0.5) is 5.69 Å². The largest absolute Gasteiger partial charge is 0.387 e. The van der Waals surface area contributed by atoms with Crippen LogP contribution in [0.15, 0.2) is 42.5 Å². The first-order chi connectivity index (χ1) is 10.2. The van der Waals surface area contributed by atoms with Gasteiger partial charge in [-0.15, -0.1) is 0 Å². The lowest BCUT2D eigenvalue weighted by Gasteiger charge is -2.14. The Morgan fingerprint density at radius 1 is 1.14 bits per heavy atom. The highest BCUT2D eigenvalue weighted by Crippen LogP contribution is 2.24. The van der Waals surface area contributed by atoms with Crippen molar-refractivity contribution in [2.75, 3.05) is 12.4 Å². The van der Waals surface area contributed by atoms with Crippen LogP contribution in [-0.2, 0) is 12.8 Å². The molecule has 0 aromatic heterocycles. The van der Waals surface area contributed by atoms with E-state index in [1.54, 1.807) is 25.2 Å². The van der Waals surface area contributed by atoms with Gasteiger partial charge in [-0.2, -0.15) is 0 Å². The van der Waals surface area contributed by atoms with E-state index in [0.29, 0.717) is 10.6 Å². The van der Waals surface area contributed by atoms with Crippen LogP contribution in [0.5, 0.6) is 0 Å². The molecule has 0 spiro atoms. The first kappa shape index (κ1) is 14.0. The number of halogens is 1. The van der Waals surface area contributed by atoms with Gasteiger partial charge in [0.1, 0.15) is 0 Å². The SMILES string of the molecule is CNc1cc(Cl)ccc1C(=O)NC1Cc2ccccc2C1. The fourth-order valence-electron chi connectivity index (χ4n) is 2.85. The topological polar surface area (TPSA) is 41.1 Å². The first-order valence-corrected chi connectivity index (χ1v) is 7.40. The maximum Gasteiger partial charge on any atom is 0.253 e. The molecule has 2 aromatic carbocycles. The van der Waals surface area contributed by atoms with E-state index in [9.17, 15) is 4.79 Å². The van der Waals surface area contributed by atoms with Crippen molar-refractivity contribution in [1.29, 1.82) is 0 Å². The van der Waals surface area contributed by atoms with Crippen LogP contribution in [0.3, 0.4) is 0 Å². The van der Waals surface area contributed by atoms with Crippen molar-refractivity contribution in [2.24, 2.45) is 0 Å². The fraction of sp³-hybridized carbons (Fsp3) is 0.235. The quantitative estimate of drug-likeness (QED) is 0.913. The van der Waals surface area contributed by atoms with Crippen LogP contribution in [0.2, 0.25) is 5.02 Å². The lowest BCUT2D eigenvalue weighted by atomic mass is 10.1. The van der Waals surface area contributed by atoms with Gasteiger partial charge in [0.2, 0.25) is 0 Å². The summed E-state index contributed by atoms with van der Waals surface area (Å²) in [7, 11) is 1.79. The number of amides is 1. The van der Waals surface area contributed by atoms with E-state index >= 15 is 0 Å². The summed E-state index contributed by atoms with van der Waals surface area (Å²) in [5, 5.41) is 6.74. The summed E-state index contributed by atoms with van der Waals surface area (Å²) in [5.41, 5.74) is 4.02. The third-order valence-electron chi connectivity index (χ3n) is 3.88. The van der Waals surface area contributed by atoms with Gasteiger partial charge in [-0.1, -0.05) is 35.9 Å². The molecule has 1 amide bonds. The van der Waals surface area contributed by atoms with E-state index < -0.39 is 0 Å². The average molecular weight is 301 g/mol. The normalized spacial score (nSPS) is 13.8. The average Bonchev–Trinajstić information content (AvgIpc) is 2.88. The van der Waals surface area contributed by atoms with Crippen molar-refractivity contribution in [1.82, 2.24) is 5.32 Å². The molecule has 0 bridgehead atoms. The highest BCUT2D eigenvalue weighted by Gasteiger charge is 2.23. The molecule has 0 heterocycles. The molecule has 1 aliphatic carbocycles. The predicted octanol–water partition coefficient (Wildman–Crippen LogP) is 3.28. The summed E-state index contributed by atoms with van der Waals surface area (Å²) in [6.45, 7) is 0. The molecule has 2 N–H and O–H groups in total. The zero-order valence-corrected chi connectivity index (χ0v) is 12.6. The molecular formula is C17H17ClN2O. The number of carbonyl (C=O) groups is 1.